The molecule has 2 amide bonds. The molecule has 3 rings (SSSR count). The molecule has 0 aliphatic carbocycles. The summed E-state index contributed by atoms with van der Waals surface area (Å²) in [4.78, 5) is 43.0. The van der Waals surface area contributed by atoms with Crippen LogP contribution in [-0.2, 0) is 11.0 Å². The molecule has 31 heavy (non-hydrogen) atoms. The molecule has 1 aromatic carbocycles. The minimum atomic E-state index is -4.53. The van der Waals surface area contributed by atoms with E-state index in [0.29, 0.717) is 4.88 Å². The summed E-state index contributed by atoms with van der Waals surface area (Å²) in [5.74, 6) is -1.62. The summed E-state index contributed by atoms with van der Waals surface area (Å²) < 4.78 is 38.2. The number of halogens is 3. The molecule has 3 aromatic rings. The van der Waals surface area contributed by atoms with Crippen LogP contribution in [-0.4, -0.2) is 27.5 Å². The van der Waals surface area contributed by atoms with Crippen molar-refractivity contribution in [3.8, 4) is 0 Å². The zero-order valence-electron chi connectivity index (χ0n) is 15.4. The van der Waals surface area contributed by atoms with Crippen molar-refractivity contribution in [2.75, 3.05) is 22.1 Å². The maximum atomic E-state index is 12.7. The molecule has 8 nitrogen and oxygen atoms in total. The minimum Gasteiger partial charge on any atom is -0.382 e. The normalized spacial score (nSPS) is 11.2. The molecular weight excluding hydrogens is 455 g/mol. The van der Waals surface area contributed by atoms with E-state index in [9.17, 15) is 27.6 Å². The number of hydrogen-bond donors (Lipinski definition) is 4. The van der Waals surface area contributed by atoms with Gasteiger partial charge in [-0.1, -0.05) is 23.9 Å². The number of hydrogen-bond acceptors (Lipinski definition) is 7. The van der Waals surface area contributed by atoms with E-state index in [0.717, 1.165) is 23.9 Å². The van der Waals surface area contributed by atoms with E-state index in [1.807, 2.05) is 0 Å². The Bertz CT molecular complexity index is 1160. The Morgan fingerprint density at radius 1 is 1.19 bits per heavy atom. The predicted molar refractivity (Wildman–Crippen MR) is 112 cm³/mol. The highest BCUT2D eigenvalue weighted by molar-refractivity contribution is 7.99. The second kappa shape index (κ2) is 9.22. The van der Waals surface area contributed by atoms with Gasteiger partial charge in [0.2, 0.25) is 5.91 Å². The van der Waals surface area contributed by atoms with E-state index in [1.54, 1.807) is 17.5 Å². The maximum absolute atomic E-state index is 12.7. The van der Waals surface area contributed by atoms with Gasteiger partial charge in [0, 0.05) is 5.69 Å². The molecule has 5 N–H and O–H groups in total. The first-order valence-corrected chi connectivity index (χ1v) is 10.3. The monoisotopic (exact) mass is 469 g/mol. The number of thiophene rings is 1. The van der Waals surface area contributed by atoms with Gasteiger partial charge in [-0.3, -0.25) is 19.4 Å². The van der Waals surface area contributed by atoms with Crippen LogP contribution < -0.4 is 21.9 Å². The Labute approximate surface area is 181 Å². The SMILES string of the molecule is Nc1nc(SCC(=O)Nc2cccc(C(F)(F)F)c2)[nH]c(=O)c1NC(=O)c1cccs1. The quantitative estimate of drug-likeness (QED) is 0.323. The minimum absolute atomic E-state index is 0.0100. The summed E-state index contributed by atoms with van der Waals surface area (Å²) >= 11 is 2.00. The van der Waals surface area contributed by atoms with Crippen LogP contribution in [0.3, 0.4) is 0 Å². The highest BCUT2D eigenvalue weighted by Crippen LogP contribution is 2.30. The summed E-state index contributed by atoms with van der Waals surface area (Å²) in [5, 5.41) is 6.43. The molecule has 0 aliphatic heterocycles. The van der Waals surface area contributed by atoms with E-state index in [1.165, 1.54) is 23.5 Å². The number of carbonyl (C=O) groups is 2. The third-order valence-corrected chi connectivity index (χ3v) is 5.46. The summed E-state index contributed by atoms with van der Waals surface area (Å²) in [5.41, 5.74) is 3.90. The van der Waals surface area contributed by atoms with E-state index in [2.05, 4.69) is 20.6 Å². The third-order valence-electron chi connectivity index (χ3n) is 3.72. The summed E-state index contributed by atoms with van der Waals surface area (Å²) in [6.07, 6.45) is -4.53. The van der Waals surface area contributed by atoms with Gasteiger partial charge in [0.05, 0.1) is 16.2 Å². The summed E-state index contributed by atoms with van der Waals surface area (Å²) in [6, 6.07) is 7.45. The number of amides is 2. The highest BCUT2D eigenvalue weighted by Gasteiger charge is 2.30. The van der Waals surface area contributed by atoms with Gasteiger partial charge >= 0.3 is 6.18 Å². The number of carbonyl (C=O) groups excluding carboxylic acids is 2. The van der Waals surface area contributed by atoms with Crippen LogP contribution in [0.15, 0.2) is 51.7 Å². The highest BCUT2D eigenvalue weighted by atomic mass is 32.2. The zero-order chi connectivity index (χ0) is 22.6. The molecule has 0 aliphatic rings. The molecule has 2 heterocycles. The largest absolute Gasteiger partial charge is 0.416 e. The van der Waals surface area contributed by atoms with Crippen LogP contribution in [0, 0.1) is 0 Å². The van der Waals surface area contributed by atoms with Crippen LogP contribution in [0.25, 0.3) is 0 Å². The van der Waals surface area contributed by atoms with Crippen molar-refractivity contribution in [3.63, 3.8) is 0 Å². The van der Waals surface area contributed by atoms with Gasteiger partial charge in [0.15, 0.2) is 16.7 Å². The number of alkyl halides is 3. The van der Waals surface area contributed by atoms with Gasteiger partial charge in [-0.05, 0) is 29.6 Å². The fourth-order valence-electron chi connectivity index (χ4n) is 2.35. The van der Waals surface area contributed by atoms with Gasteiger partial charge in [0.25, 0.3) is 11.5 Å². The van der Waals surface area contributed by atoms with Crippen molar-refractivity contribution < 1.29 is 22.8 Å². The van der Waals surface area contributed by atoms with E-state index < -0.39 is 29.1 Å². The molecule has 0 saturated heterocycles. The molecule has 0 saturated carbocycles. The average molecular weight is 469 g/mol. The fraction of sp³-hybridized carbons (Fsp3) is 0.111. The number of nitrogens with two attached hydrogens (primary N) is 1. The Balaban J connectivity index is 1.62. The topological polar surface area (TPSA) is 130 Å². The number of H-pyrrole nitrogens is 1. The number of nitrogens with zero attached hydrogens (tertiary/aromatic N) is 1. The molecule has 0 radical (unpaired) electrons. The van der Waals surface area contributed by atoms with Crippen molar-refractivity contribution >= 4 is 52.1 Å². The lowest BCUT2D eigenvalue weighted by molar-refractivity contribution is -0.137. The first-order chi connectivity index (χ1) is 14.6. The smallest absolute Gasteiger partial charge is 0.382 e. The Morgan fingerprint density at radius 2 is 1.97 bits per heavy atom. The van der Waals surface area contributed by atoms with Crippen molar-refractivity contribution in [3.05, 3.63) is 62.6 Å². The van der Waals surface area contributed by atoms with Crippen LogP contribution in [0.5, 0.6) is 0 Å². The first kappa shape index (κ1) is 22.4. The molecule has 0 atom stereocenters. The average Bonchev–Trinajstić information content (AvgIpc) is 3.23. The van der Waals surface area contributed by atoms with Crippen LogP contribution in [0.1, 0.15) is 15.2 Å². The molecule has 0 spiro atoms. The lowest BCUT2D eigenvalue weighted by Crippen LogP contribution is -2.23. The Morgan fingerprint density at radius 3 is 2.61 bits per heavy atom. The predicted octanol–water partition coefficient (Wildman–Crippen LogP) is 3.42. The number of rotatable bonds is 6. The summed E-state index contributed by atoms with van der Waals surface area (Å²) in [6.45, 7) is 0. The molecule has 2 aromatic heterocycles. The Hall–Kier alpha value is -3.32. The molecular formula is C18H14F3N5O3S2. The number of nitrogens with one attached hydrogen (secondary N) is 3. The molecule has 0 unspecified atom stereocenters. The number of anilines is 3. The van der Waals surface area contributed by atoms with Crippen molar-refractivity contribution in [1.29, 1.82) is 0 Å². The fourth-order valence-corrected chi connectivity index (χ4v) is 3.63. The number of nitrogen functional groups attached to an aromatic ring is 1. The standard InChI is InChI=1S/C18H14F3N5O3S2/c19-18(20,21)9-3-1-4-10(7-9)23-12(27)8-31-17-25-14(22)13(16(29)26-17)24-15(28)11-5-2-6-30-11/h1-7H,8H2,(H,23,27)(H,24,28)(H3,22,25,26,29). The van der Waals surface area contributed by atoms with Crippen molar-refractivity contribution in [1.82, 2.24) is 9.97 Å². The van der Waals surface area contributed by atoms with Crippen LogP contribution in [0.4, 0.5) is 30.4 Å². The third kappa shape index (κ3) is 5.86. The number of aromatic amines is 1. The number of aromatic nitrogens is 2. The lowest BCUT2D eigenvalue weighted by Gasteiger charge is -2.10. The van der Waals surface area contributed by atoms with Gasteiger partial charge < -0.3 is 16.4 Å². The van der Waals surface area contributed by atoms with Crippen molar-refractivity contribution in [2.45, 2.75) is 11.3 Å². The zero-order valence-corrected chi connectivity index (χ0v) is 17.1. The number of benzene rings is 1. The van der Waals surface area contributed by atoms with Gasteiger partial charge in [-0.2, -0.15) is 13.2 Å². The molecule has 162 valence electrons. The van der Waals surface area contributed by atoms with E-state index in [-0.39, 0.29) is 28.1 Å². The van der Waals surface area contributed by atoms with Crippen LogP contribution in [0.2, 0.25) is 0 Å². The molecule has 0 bridgehead atoms. The first-order valence-electron chi connectivity index (χ1n) is 8.48. The second-order valence-electron chi connectivity index (χ2n) is 5.98. The Kier molecular flexibility index (Phi) is 6.65. The van der Waals surface area contributed by atoms with E-state index >= 15 is 0 Å². The van der Waals surface area contributed by atoms with Crippen molar-refractivity contribution in [2.24, 2.45) is 0 Å². The summed E-state index contributed by atoms with van der Waals surface area (Å²) in [7, 11) is 0. The second-order valence-corrected chi connectivity index (χ2v) is 7.89. The van der Waals surface area contributed by atoms with Gasteiger partial charge in [0.1, 0.15) is 0 Å². The molecule has 13 heteroatoms. The van der Waals surface area contributed by atoms with Crippen LogP contribution >= 0.6 is 23.1 Å². The lowest BCUT2D eigenvalue weighted by atomic mass is 10.2. The van der Waals surface area contributed by atoms with Gasteiger partial charge in [-0.15, -0.1) is 11.3 Å². The maximum Gasteiger partial charge on any atom is 0.416 e. The van der Waals surface area contributed by atoms with Gasteiger partial charge in [-0.25, -0.2) is 4.98 Å². The van der Waals surface area contributed by atoms with E-state index in [4.69, 9.17) is 5.73 Å². The number of thioether (sulfide) groups is 1. The molecule has 0 fully saturated rings.